The predicted octanol–water partition coefficient (Wildman–Crippen LogP) is 6.93. The van der Waals surface area contributed by atoms with Crippen LogP contribution in [0.15, 0.2) is 21.9 Å². The van der Waals surface area contributed by atoms with E-state index in [-0.39, 0.29) is 5.92 Å². The maximum Gasteiger partial charge on any atom is 0.204 e. The number of allylic oxidation sites excluding steroid dienone is 4. The van der Waals surface area contributed by atoms with Crippen LogP contribution in [0.2, 0.25) is 0 Å². The molecule has 0 heterocycles. The number of methoxy groups -OCH3 is 9. The monoisotopic (exact) mass is 734 g/mol. The van der Waals surface area contributed by atoms with Crippen molar-refractivity contribution in [1.29, 1.82) is 0 Å². The second kappa shape index (κ2) is 15.3. The zero-order valence-electron chi connectivity index (χ0n) is 34.8. The van der Waals surface area contributed by atoms with Crippen LogP contribution in [0.3, 0.4) is 0 Å². The van der Waals surface area contributed by atoms with E-state index in [1.54, 1.807) is 64.0 Å². The molecule has 0 saturated heterocycles. The van der Waals surface area contributed by atoms with Crippen LogP contribution < -0.4 is 58.2 Å². The van der Waals surface area contributed by atoms with Gasteiger partial charge in [0, 0.05) is 48.9 Å². The van der Waals surface area contributed by atoms with Crippen molar-refractivity contribution in [2.24, 2.45) is 5.92 Å². The van der Waals surface area contributed by atoms with Crippen molar-refractivity contribution < 1.29 is 42.6 Å². The Morgan fingerprint density at radius 3 is 0.692 bits per heavy atom. The van der Waals surface area contributed by atoms with Gasteiger partial charge in [-0.05, 0) is 73.8 Å². The molecule has 3 aromatic carbocycles. The van der Waals surface area contributed by atoms with Crippen molar-refractivity contribution in [3.8, 4) is 51.7 Å². The molecule has 3 aromatic rings. The summed E-state index contributed by atoms with van der Waals surface area (Å²) in [7, 11) is 11.2. The van der Waals surface area contributed by atoms with E-state index in [2.05, 4.69) is 27.7 Å². The van der Waals surface area contributed by atoms with E-state index in [1.807, 2.05) is 41.5 Å². The summed E-state index contributed by atoms with van der Waals surface area (Å²) < 4.78 is 57.7. The van der Waals surface area contributed by atoms with E-state index in [0.717, 1.165) is 54.5 Å². The lowest BCUT2D eigenvalue weighted by atomic mass is 10.0. The number of hydrogen-bond donors (Lipinski definition) is 0. The van der Waals surface area contributed by atoms with E-state index in [0.29, 0.717) is 51.7 Å². The zero-order chi connectivity index (χ0) is 39.1. The van der Waals surface area contributed by atoms with Crippen LogP contribution in [0.5, 0.6) is 51.7 Å². The van der Waals surface area contributed by atoms with Gasteiger partial charge in [0.25, 0.3) is 0 Å². The molecule has 52 heavy (non-hydrogen) atoms. The van der Waals surface area contributed by atoms with Crippen molar-refractivity contribution in [2.75, 3.05) is 64.0 Å². The summed E-state index contributed by atoms with van der Waals surface area (Å²) in [4.78, 5) is 0. The molecule has 10 heteroatoms. The summed E-state index contributed by atoms with van der Waals surface area (Å²) in [5, 5.41) is 3.78. The Morgan fingerprint density at radius 1 is 0.327 bits per heavy atom. The fourth-order valence-electron chi connectivity index (χ4n) is 9.12. The lowest BCUT2D eigenvalue weighted by molar-refractivity contribution is 0.368. The van der Waals surface area contributed by atoms with Gasteiger partial charge in [0.2, 0.25) is 8.07 Å². The van der Waals surface area contributed by atoms with E-state index in [1.165, 1.54) is 16.3 Å². The van der Waals surface area contributed by atoms with E-state index >= 15 is 0 Å². The van der Waals surface area contributed by atoms with E-state index < -0.39 is 8.07 Å². The molecule has 1 unspecified atom stereocenters. The molecular formula is C42H58O9Si. The highest BCUT2D eigenvalue weighted by Gasteiger charge is 2.59. The normalized spacial score (nSPS) is 14.5. The molecule has 0 bridgehead atoms. The molecule has 0 radical (unpaired) electrons. The van der Waals surface area contributed by atoms with Crippen LogP contribution in [-0.4, -0.2) is 72.1 Å². The lowest BCUT2D eigenvalue weighted by Crippen LogP contribution is -2.71. The number of benzene rings is 3. The fraction of sp³-hybridized carbons (Fsp3) is 0.476. The maximum absolute atomic E-state index is 6.58. The smallest absolute Gasteiger partial charge is 0.204 e. The Kier molecular flexibility index (Phi) is 11.8. The summed E-state index contributed by atoms with van der Waals surface area (Å²) in [5.74, 6) is 5.79. The van der Waals surface area contributed by atoms with Crippen LogP contribution in [-0.2, 0) is 0 Å². The van der Waals surface area contributed by atoms with Crippen molar-refractivity contribution in [1.82, 2.24) is 0 Å². The third-order valence-electron chi connectivity index (χ3n) is 11.5. The van der Waals surface area contributed by atoms with Crippen LogP contribution in [0, 0.1) is 47.5 Å². The maximum atomic E-state index is 6.58. The molecule has 0 aliphatic heterocycles. The van der Waals surface area contributed by atoms with Gasteiger partial charge < -0.3 is 42.6 Å². The van der Waals surface area contributed by atoms with Gasteiger partial charge in [-0.2, -0.15) is 0 Å². The first kappa shape index (κ1) is 40.3. The van der Waals surface area contributed by atoms with Crippen molar-refractivity contribution in [3.05, 3.63) is 55.3 Å². The molecule has 1 atom stereocenters. The Bertz CT molecular complexity index is 1700. The number of ether oxygens (including phenoxy) is 9. The highest BCUT2D eigenvalue weighted by molar-refractivity contribution is 7.18. The molecule has 0 aromatic heterocycles. The summed E-state index contributed by atoms with van der Waals surface area (Å²) in [6.45, 7) is 21.1. The third-order valence-corrected chi connectivity index (χ3v) is 16.7. The number of hydrogen-bond acceptors (Lipinski definition) is 9. The second-order valence-corrected chi connectivity index (χ2v) is 17.0. The van der Waals surface area contributed by atoms with Gasteiger partial charge >= 0.3 is 0 Å². The molecule has 0 amide bonds. The first-order valence-electron chi connectivity index (χ1n) is 17.4. The minimum Gasteiger partial charge on any atom is -0.496 e. The van der Waals surface area contributed by atoms with Crippen molar-refractivity contribution in [2.45, 2.75) is 69.2 Å². The summed E-state index contributed by atoms with van der Waals surface area (Å²) in [6.07, 6.45) is 0. The van der Waals surface area contributed by atoms with Gasteiger partial charge in [0.15, 0.2) is 0 Å². The van der Waals surface area contributed by atoms with Gasteiger partial charge in [0.05, 0.1) is 64.0 Å². The average Bonchev–Trinajstić information content (AvgIpc) is 3.31. The first-order valence-corrected chi connectivity index (χ1v) is 19.4. The largest absolute Gasteiger partial charge is 0.496 e. The Morgan fingerprint density at radius 2 is 0.538 bits per heavy atom. The third kappa shape index (κ3) is 5.39. The van der Waals surface area contributed by atoms with Gasteiger partial charge in [-0.3, -0.25) is 0 Å². The van der Waals surface area contributed by atoms with Gasteiger partial charge in [-0.1, -0.05) is 23.3 Å². The predicted molar refractivity (Wildman–Crippen MR) is 212 cm³/mol. The van der Waals surface area contributed by atoms with Gasteiger partial charge in [0.1, 0.15) is 51.7 Å². The van der Waals surface area contributed by atoms with E-state index in [4.69, 9.17) is 42.6 Å². The molecule has 9 nitrogen and oxygen atoms in total. The lowest BCUT2D eigenvalue weighted by Gasteiger charge is -2.43. The topological polar surface area (TPSA) is 83.1 Å². The van der Waals surface area contributed by atoms with Gasteiger partial charge in [-0.15, -0.1) is 0 Å². The van der Waals surface area contributed by atoms with Crippen LogP contribution in [0.25, 0.3) is 0 Å². The Labute approximate surface area is 311 Å². The highest BCUT2D eigenvalue weighted by atomic mass is 28.3. The quantitative estimate of drug-likeness (QED) is 0.137. The second-order valence-electron chi connectivity index (χ2n) is 13.5. The molecule has 4 rings (SSSR count). The Balaban J connectivity index is 2.75. The molecule has 0 spiro atoms. The van der Waals surface area contributed by atoms with Gasteiger partial charge in [-0.25, -0.2) is 0 Å². The molecule has 1 aliphatic carbocycles. The first-order chi connectivity index (χ1) is 24.6. The average molecular weight is 735 g/mol. The minimum absolute atomic E-state index is 0.0296. The van der Waals surface area contributed by atoms with E-state index in [9.17, 15) is 0 Å². The number of rotatable bonds is 13. The molecule has 0 fully saturated rings. The van der Waals surface area contributed by atoms with Crippen molar-refractivity contribution in [3.63, 3.8) is 0 Å². The fourth-order valence-corrected chi connectivity index (χ4v) is 16.1. The van der Waals surface area contributed by atoms with Crippen LogP contribution in [0.1, 0.15) is 61.1 Å². The molecular weight excluding hydrogens is 677 g/mol. The van der Waals surface area contributed by atoms with Crippen LogP contribution >= 0.6 is 0 Å². The zero-order valence-corrected chi connectivity index (χ0v) is 35.8. The summed E-state index contributed by atoms with van der Waals surface area (Å²) >= 11 is 0. The Hall–Kier alpha value is -4.44. The SMILES string of the molecule is COc1c(C)c(OC)c([Si](C2=C(C)C(C)=C(C)C2C)(c2c(OC)c(C)c(OC)c(C)c2OC)c2c(OC)c(C)c(OC)c(C)c2OC)c(OC)c1C. The van der Waals surface area contributed by atoms with Crippen molar-refractivity contribution >= 4 is 23.6 Å². The summed E-state index contributed by atoms with van der Waals surface area (Å²) in [6, 6.07) is 0. The highest BCUT2D eigenvalue weighted by Crippen LogP contribution is 2.52. The summed E-state index contributed by atoms with van der Waals surface area (Å²) in [5.41, 5.74) is 8.65. The molecule has 0 saturated carbocycles. The molecule has 1 aliphatic rings. The minimum atomic E-state index is -3.97. The molecule has 0 N–H and O–H groups in total. The standard InChI is InChI=1S/C42H58O9Si/c1-20-21(2)23(4)39(22(20)3)52(40-33(46-14)24(5)30(43-11)25(6)34(40)47-15,41-35(48-16)26(7)31(44-12)27(8)36(41)49-17)42-37(50-18)28(9)32(45-13)29(10)38(42)51-19/h22H,1-19H3. The molecule has 284 valence electrons. The van der Waals surface area contributed by atoms with Crippen LogP contribution in [0.4, 0.5) is 0 Å².